The summed E-state index contributed by atoms with van der Waals surface area (Å²) in [6.07, 6.45) is 1.14. The molecule has 1 aliphatic heterocycles. The van der Waals surface area contributed by atoms with Gasteiger partial charge in [-0.1, -0.05) is 26.0 Å². The minimum atomic E-state index is 0.0151. The van der Waals surface area contributed by atoms with Gasteiger partial charge in [-0.15, -0.1) is 0 Å². The van der Waals surface area contributed by atoms with Crippen molar-refractivity contribution in [3.8, 4) is 0 Å². The van der Waals surface area contributed by atoms with Gasteiger partial charge in [0, 0.05) is 58.9 Å². The van der Waals surface area contributed by atoms with E-state index in [9.17, 15) is 4.79 Å². The van der Waals surface area contributed by atoms with E-state index in [1.165, 1.54) is 0 Å². The van der Waals surface area contributed by atoms with Crippen LogP contribution in [-0.4, -0.2) is 81.7 Å². The van der Waals surface area contributed by atoms with Crippen LogP contribution >= 0.6 is 0 Å². The van der Waals surface area contributed by atoms with Gasteiger partial charge in [0.05, 0.1) is 13.2 Å². The fourth-order valence-corrected chi connectivity index (χ4v) is 3.49. The van der Waals surface area contributed by atoms with Crippen molar-refractivity contribution in [3.05, 3.63) is 35.4 Å². The zero-order valence-corrected chi connectivity index (χ0v) is 18.6. The molecule has 1 aromatic carbocycles. The van der Waals surface area contributed by atoms with E-state index in [1.54, 1.807) is 26.0 Å². The minimum absolute atomic E-state index is 0.0151. The molecule has 29 heavy (non-hydrogen) atoms. The average molecular weight is 404 g/mol. The highest BCUT2D eigenvalue weighted by Gasteiger charge is 2.22. The van der Waals surface area contributed by atoms with Gasteiger partial charge in [-0.3, -0.25) is 14.7 Å². The molecular formula is C22H37N5O2. The largest absolute Gasteiger partial charge is 0.379 e. The first-order valence-electron chi connectivity index (χ1n) is 10.5. The van der Waals surface area contributed by atoms with Gasteiger partial charge in [0.1, 0.15) is 0 Å². The first-order valence-corrected chi connectivity index (χ1v) is 10.5. The molecule has 1 unspecified atom stereocenters. The summed E-state index contributed by atoms with van der Waals surface area (Å²) in [6.45, 7) is 9.65. The highest BCUT2D eigenvalue weighted by Crippen LogP contribution is 2.13. The van der Waals surface area contributed by atoms with Crippen molar-refractivity contribution in [1.29, 1.82) is 0 Å². The van der Waals surface area contributed by atoms with Crippen molar-refractivity contribution < 1.29 is 9.53 Å². The summed E-state index contributed by atoms with van der Waals surface area (Å²) < 4.78 is 5.50. The number of amides is 1. The molecule has 7 nitrogen and oxygen atoms in total. The van der Waals surface area contributed by atoms with E-state index < -0.39 is 0 Å². The molecule has 0 aliphatic carbocycles. The van der Waals surface area contributed by atoms with Gasteiger partial charge >= 0.3 is 0 Å². The molecule has 0 spiro atoms. The summed E-state index contributed by atoms with van der Waals surface area (Å²) in [6, 6.07) is 8.16. The van der Waals surface area contributed by atoms with Gasteiger partial charge in [0.25, 0.3) is 5.91 Å². The Labute approximate surface area is 175 Å². The maximum absolute atomic E-state index is 12.0. The summed E-state index contributed by atoms with van der Waals surface area (Å²) in [5.41, 5.74) is 1.80. The molecule has 1 heterocycles. The van der Waals surface area contributed by atoms with E-state index in [2.05, 4.69) is 34.4 Å². The third-order valence-electron chi connectivity index (χ3n) is 5.10. The quantitative estimate of drug-likeness (QED) is 0.512. The molecule has 0 saturated carbocycles. The zero-order chi connectivity index (χ0) is 21.2. The maximum atomic E-state index is 12.0. The maximum Gasteiger partial charge on any atom is 0.253 e. The number of hydrogen-bond donors (Lipinski definition) is 2. The highest BCUT2D eigenvalue weighted by atomic mass is 16.5. The molecule has 1 amide bonds. The van der Waals surface area contributed by atoms with Gasteiger partial charge in [-0.2, -0.15) is 0 Å². The second-order valence-electron chi connectivity index (χ2n) is 8.13. The van der Waals surface area contributed by atoms with Crippen molar-refractivity contribution in [2.45, 2.75) is 32.9 Å². The Balaban J connectivity index is 1.86. The molecule has 0 aromatic heterocycles. The van der Waals surface area contributed by atoms with Crippen LogP contribution in [-0.2, 0) is 11.3 Å². The third-order valence-corrected chi connectivity index (χ3v) is 5.10. The van der Waals surface area contributed by atoms with Crippen LogP contribution in [0.5, 0.6) is 0 Å². The van der Waals surface area contributed by atoms with E-state index in [-0.39, 0.29) is 5.91 Å². The average Bonchev–Trinajstić information content (AvgIpc) is 2.73. The lowest BCUT2D eigenvalue weighted by molar-refractivity contribution is 0.0132. The highest BCUT2D eigenvalue weighted by molar-refractivity contribution is 5.93. The molecule has 1 aromatic rings. The third kappa shape index (κ3) is 7.66. The van der Waals surface area contributed by atoms with E-state index in [0.717, 1.165) is 50.8 Å². The Morgan fingerprint density at radius 1 is 1.17 bits per heavy atom. The van der Waals surface area contributed by atoms with Crippen molar-refractivity contribution in [2.24, 2.45) is 10.9 Å². The number of morpholine rings is 1. The minimum Gasteiger partial charge on any atom is -0.379 e. The van der Waals surface area contributed by atoms with Crippen molar-refractivity contribution in [3.63, 3.8) is 0 Å². The Kier molecular flexibility index (Phi) is 9.41. The van der Waals surface area contributed by atoms with Crippen LogP contribution in [0.3, 0.4) is 0 Å². The number of hydrogen-bond acceptors (Lipinski definition) is 4. The fraction of sp³-hybridized carbons (Fsp3) is 0.636. The van der Waals surface area contributed by atoms with Crippen molar-refractivity contribution in [1.82, 2.24) is 20.4 Å². The fourth-order valence-electron chi connectivity index (χ4n) is 3.49. The SMILES string of the molecule is CN=C(NCc1ccc(C(=O)N(C)C)cc1)NCC(CC(C)C)N1CCOCC1. The smallest absolute Gasteiger partial charge is 0.253 e. The number of carbonyl (C=O) groups is 1. The predicted octanol–water partition coefficient (Wildman–Crippen LogP) is 1.80. The normalized spacial score (nSPS) is 16.6. The Bertz CT molecular complexity index is 652. The van der Waals surface area contributed by atoms with Crippen LogP contribution in [0.4, 0.5) is 0 Å². The van der Waals surface area contributed by atoms with Gasteiger partial charge in [-0.05, 0) is 30.0 Å². The summed E-state index contributed by atoms with van der Waals surface area (Å²) >= 11 is 0. The number of nitrogens with one attached hydrogen (secondary N) is 2. The first-order chi connectivity index (χ1) is 13.9. The molecule has 7 heteroatoms. The lowest BCUT2D eigenvalue weighted by Crippen LogP contribution is -2.50. The van der Waals surface area contributed by atoms with Crippen molar-refractivity contribution >= 4 is 11.9 Å². The van der Waals surface area contributed by atoms with Crippen LogP contribution in [0.25, 0.3) is 0 Å². The topological polar surface area (TPSA) is 69.2 Å². The number of benzene rings is 1. The van der Waals surface area contributed by atoms with E-state index in [0.29, 0.717) is 24.1 Å². The Morgan fingerprint density at radius 2 is 1.83 bits per heavy atom. The molecular weight excluding hydrogens is 366 g/mol. The monoisotopic (exact) mass is 403 g/mol. The Morgan fingerprint density at radius 3 is 2.38 bits per heavy atom. The second-order valence-corrected chi connectivity index (χ2v) is 8.13. The zero-order valence-electron chi connectivity index (χ0n) is 18.6. The second kappa shape index (κ2) is 11.8. The van der Waals surface area contributed by atoms with Gasteiger partial charge in [0.15, 0.2) is 5.96 Å². The molecule has 0 radical (unpaired) electrons. The van der Waals surface area contributed by atoms with Crippen LogP contribution in [0.1, 0.15) is 36.2 Å². The van der Waals surface area contributed by atoms with E-state index in [1.807, 2.05) is 24.3 Å². The van der Waals surface area contributed by atoms with Crippen LogP contribution in [0.2, 0.25) is 0 Å². The van der Waals surface area contributed by atoms with Crippen LogP contribution < -0.4 is 10.6 Å². The molecule has 1 aliphatic rings. The number of aliphatic imine (C=N–C) groups is 1. The molecule has 162 valence electrons. The van der Waals surface area contributed by atoms with Gasteiger partial charge < -0.3 is 20.3 Å². The first kappa shape index (κ1) is 23.2. The molecule has 1 saturated heterocycles. The summed E-state index contributed by atoms with van der Waals surface area (Å²) in [5, 5.41) is 6.85. The lowest BCUT2D eigenvalue weighted by Gasteiger charge is -2.35. The molecule has 0 bridgehead atoms. The molecule has 1 atom stereocenters. The summed E-state index contributed by atoms with van der Waals surface area (Å²) in [4.78, 5) is 20.5. The Hall–Kier alpha value is -2.12. The lowest BCUT2D eigenvalue weighted by atomic mass is 10.0. The van der Waals surface area contributed by atoms with Crippen LogP contribution in [0.15, 0.2) is 29.3 Å². The van der Waals surface area contributed by atoms with Crippen molar-refractivity contribution in [2.75, 3.05) is 54.0 Å². The molecule has 1 fully saturated rings. The van der Waals surface area contributed by atoms with Gasteiger partial charge in [0.2, 0.25) is 0 Å². The van der Waals surface area contributed by atoms with E-state index in [4.69, 9.17) is 4.74 Å². The van der Waals surface area contributed by atoms with Crippen LogP contribution in [0, 0.1) is 5.92 Å². The molecule has 2 rings (SSSR count). The summed E-state index contributed by atoms with van der Waals surface area (Å²) in [5.74, 6) is 1.45. The van der Waals surface area contributed by atoms with E-state index >= 15 is 0 Å². The number of rotatable bonds is 8. The standard InChI is InChI=1S/C22H37N5O2/c1-17(2)14-20(27-10-12-29-13-11-27)16-25-22(23-3)24-15-18-6-8-19(9-7-18)21(28)26(4)5/h6-9,17,20H,10-16H2,1-5H3,(H2,23,24,25). The summed E-state index contributed by atoms with van der Waals surface area (Å²) in [7, 11) is 5.31. The number of guanidine groups is 1. The number of nitrogens with zero attached hydrogens (tertiary/aromatic N) is 3. The number of ether oxygens (including phenoxy) is 1. The predicted molar refractivity (Wildman–Crippen MR) is 118 cm³/mol. The molecule has 2 N–H and O–H groups in total. The van der Waals surface area contributed by atoms with Gasteiger partial charge in [-0.25, -0.2) is 0 Å². The number of carbonyl (C=O) groups excluding carboxylic acids is 1.